The minimum atomic E-state index is 0.778. The van der Waals surface area contributed by atoms with Gasteiger partial charge in [0.25, 0.3) is 0 Å². The van der Waals surface area contributed by atoms with Gasteiger partial charge in [0.2, 0.25) is 0 Å². The van der Waals surface area contributed by atoms with Gasteiger partial charge < -0.3 is 10.1 Å². The average Bonchev–Trinajstić information content (AvgIpc) is 2.50. The summed E-state index contributed by atoms with van der Waals surface area (Å²) in [6, 6.07) is 16.8. The molecule has 3 heteroatoms. The van der Waals surface area contributed by atoms with Gasteiger partial charge in [-0.3, -0.25) is 0 Å². The molecule has 0 fully saturated rings. The molecule has 0 bridgehead atoms. The van der Waals surface area contributed by atoms with Gasteiger partial charge in [-0.25, -0.2) is 0 Å². The Balaban J connectivity index is 1.75. The predicted molar refractivity (Wildman–Crippen MR) is 91.8 cm³/mol. The summed E-state index contributed by atoms with van der Waals surface area (Å²) in [4.78, 5) is 0. The molecule has 0 aliphatic rings. The van der Waals surface area contributed by atoms with Crippen molar-refractivity contribution in [2.24, 2.45) is 0 Å². The van der Waals surface area contributed by atoms with Gasteiger partial charge in [0.15, 0.2) is 0 Å². The Morgan fingerprint density at radius 3 is 2.67 bits per heavy atom. The van der Waals surface area contributed by atoms with E-state index in [1.54, 1.807) is 0 Å². The van der Waals surface area contributed by atoms with E-state index in [4.69, 9.17) is 4.74 Å². The summed E-state index contributed by atoms with van der Waals surface area (Å²) in [6.45, 7) is 4.74. The summed E-state index contributed by atoms with van der Waals surface area (Å²) in [5.41, 5.74) is 2.61. The Morgan fingerprint density at radius 2 is 1.86 bits per heavy atom. The van der Waals surface area contributed by atoms with Crippen molar-refractivity contribution in [2.75, 3.05) is 13.2 Å². The Kier molecular flexibility index (Phi) is 6.77. The lowest BCUT2D eigenvalue weighted by atomic mass is 10.1. The van der Waals surface area contributed by atoms with E-state index < -0.39 is 0 Å². The molecule has 0 radical (unpaired) electrons. The van der Waals surface area contributed by atoms with Crippen molar-refractivity contribution in [2.45, 2.75) is 26.3 Å². The number of benzene rings is 2. The van der Waals surface area contributed by atoms with Crippen LogP contribution in [0.25, 0.3) is 0 Å². The van der Waals surface area contributed by atoms with Crippen LogP contribution in [-0.4, -0.2) is 13.2 Å². The molecule has 0 saturated heterocycles. The second-order valence-corrected chi connectivity index (χ2v) is 5.97. The van der Waals surface area contributed by atoms with Crippen LogP contribution in [0.4, 0.5) is 0 Å². The highest BCUT2D eigenvalue weighted by molar-refractivity contribution is 9.10. The SMILES string of the molecule is CCCOc1cccc(CNCCc2cccc(Br)c2)c1. The molecule has 112 valence electrons. The highest BCUT2D eigenvalue weighted by atomic mass is 79.9. The Bertz CT molecular complexity index is 556. The highest BCUT2D eigenvalue weighted by Crippen LogP contribution is 2.14. The molecule has 0 aliphatic carbocycles. The lowest BCUT2D eigenvalue weighted by Gasteiger charge is -2.08. The quantitative estimate of drug-likeness (QED) is 0.706. The van der Waals surface area contributed by atoms with Crippen LogP contribution in [0.3, 0.4) is 0 Å². The summed E-state index contributed by atoms with van der Waals surface area (Å²) in [7, 11) is 0. The number of hydrogen-bond acceptors (Lipinski definition) is 2. The fourth-order valence-electron chi connectivity index (χ4n) is 2.12. The summed E-state index contributed by atoms with van der Waals surface area (Å²) < 4.78 is 6.79. The third-order valence-electron chi connectivity index (χ3n) is 3.18. The van der Waals surface area contributed by atoms with E-state index in [2.05, 4.69) is 70.6 Å². The van der Waals surface area contributed by atoms with Gasteiger partial charge in [-0.05, 0) is 54.8 Å². The van der Waals surface area contributed by atoms with E-state index >= 15 is 0 Å². The third kappa shape index (κ3) is 5.90. The number of halogens is 1. The minimum Gasteiger partial charge on any atom is -0.494 e. The van der Waals surface area contributed by atoms with E-state index in [9.17, 15) is 0 Å². The van der Waals surface area contributed by atoms with Crippen LogP contribution in [0.1, 0.15) is 24.5 Å². The second kappa shape index (κ2) is 8.85. The van der Waals surface area contributed by atoms with Crippen LogP contribution in [0.5, 0.6) is 5.75 Å². The first-order valence-electron chi connectivity index (χ1n) is 7.45. The van der Waals surface area contributed by atoms with Crippen LogP contribution in [0.15, 0.2) is 53.0 Å². The maximum Gasteiger partial charge on any atom is 0.119 e. The van der Waals surface area contributed by atoms with Crippen LogP contribution in [-0.2, 0) is 13.0 Å². The maximum absolute atomic E-state index is 5.65. The molecule has 0 aliphatic heterocycles. The first kappa shape index (κ1) is 16.1. The molecular weight excluding hydrogens is 326 g/mol. The lowest BCUT2D eigenvalue weighted by molar-refractivity contribution is 0.317. The molecule has 2 aromatic rings. The number of hydrogen-bond donors (Lipinski definition) is 1. The van der Waals surface area contributed by atoms with Crippen LogP contribution >= 0.6 is 15.9 Å². The average molecular weight is 348 g/mol. The fraction of sp³-hybridized carbons (Fsp3) is 0.333. The van der Waals surface area contributed by atoms with Gasteiger partial charge in [-0.15, -0.1) is 0 Å². The summed E-state index contributed by atoms with van der Waals surface area (Å²) in [6.07, 6.45) is 2.07. The standard InChI is InChI=1S/C18H22BrNO/c1-2-11-21-18-8-4-6-16(13-18)14-20-10-9-15-5-3-7-17(19)12-15/h3-8,12-13,20H,2,9-11,14H2,1H3. The molecular formula is C18H22BrNO. The van der Waals surface area contributed by atoms with E-state index in [1.807, 2.05) is 6.07 Å². The highest BCUT2D eigenvalue weighted by Gasteiger charge is 1.98. The van der Waals surface area contributed by atoms with Crippen molar-refractivity contribution in [3.05, 3.63) is 64.1 Å². The zero-order valence-corrected chi connectivity index (χ0v) is 14.0. The van der Waals surface area contributed by atoms with E-state index in [-0.39, 0.29) is 0 Å². The second-order valence-electron chi connectivity index (χ2n) is 5.05. The van der Waals surface area contributed by atoms with Gasteiger partial charge in [-0.1, -0.05) is 47.1 Å². The molecule has 0 saturated carbocycles. The monoisotopic (exact) mass is 347 g/mol. The predicted octanol–water partition coefficient (Wildman–Crippen LogP) is 4.57. The molecule has 0 atom stereocenters. The van der Waals surface area contributed by atoms with E-state index in [1.165, 1.54) is 11.1 Å². The van der Waals surface area contributed by atoms with Gasteiger partial charge in [0.05, 0.1) is 6.61 Å². The molecule has 2 nitrogen and oxygen atoms in total. The zero-order valence-electron chi connectivity index (χ0n) is 12.4. The fourth-order valence-corrected chi connectivity index (χ4v) is 2.57. The molecule has 0 amide bonds. The molecule has 0 spiro atoms. The van der Waals surface area contributed by atoms with Gasteiger partial charge >= 0.3 is 0 Å². The number of ether oxygens (including phenoxy) is 1. The zero-order chi connectivity index (χ0) is 14.9. The summed E-state index contributed by atoms with van der Waals surface area (Å²) in [5.74, 6) is 0.961. The Hall–Kier alpha value is -1.32. The van der Waals surface area contributed by atoms with Crippen LogP contribution < -0.4 is 10.1 Å². The molecule has 0 heterocycles. The molecule has 2 rings (SSSR count). The lowest BCUT2D eigenvalue weighted by Crippen LogP contribution is -2.16. The first-order valence-corrected chi connectivity index (χ1v) is 8.24. The normalized spacial score (nSPS) is 10.6. The molecule has 2 aromatic carbocycles. The van der Waals surface area contributed by atoms with Crippen molar-refractivity contribution in [1.29, 1.82) is 0 Å². The molecule has 0 unspecified atom stereocenters. The van der Waals surface area contributed by atoms with Crippen LogP contribution in [0.2, 0.25) is 0 Å². The first-order chi connectivity index (χ1) is 10.3. The summed E-state index contributed by atoms with van der Waals surface area (Å²) >= 11 is 3.50. The van der Waals surface area contributed by atoms with Crippen molar-refractivity contribution >= 4 is 15.9 Å². The van der Waals surface area contributed by atoms with Crippen molar-refractivity contribution in [3.63, 3.8) is 0 Å². The largest absolute Gasteiger partial charge is 0.494 e. The molecule has 0 aromatic heterocycles. The van der Waals surface area contributed by atoms with E-state index in [0.717, 1.165) is 42.8 Å². The number of nitrogens with one attached hydrogen (secondary N) is 1. The Morgan fingerprint density at radius 1 is 1.05 bits per heavy atom. The molecule has 1 N–H and O–H groups in total. The molecule has 21 heavy (non-hydrogen) atoms. The van der Waals surface area contributed by atoms with Gasteiger partial charge in [-0.2, -0.15) is 0 Å². The van der Waals surface area contributed by atoms with Crippen molar-refractivity contribution in [3.8, 4) is 5.75 Å². The van der Waals surface area contributed by atoms with Gasteiger partial charge in [0.1, 0.15) is 5.75 Å². The summed E-state index contributed by atoms with van der Waals surface area (Å²) in [5, 5.41) is 3.48. The van der Waals surface area contributed by atoms with E-state index in [0.29, 0.717) is 0 Å². The topological polar surface area (TPSA) is 21.3 Å². The third-order valence-corrected chi connectivity index (χ3v) is 3.67. The van der Waals surface area contributed by atoms with Crippen molar-refractivity contribution in [1.82, 2.24) is 5.32 Å². The number of rotatable bonds is 8. The van der Waals surface area contributed by atoms with Crippen LogP contribution in [0, 0.1) is 0 Å². The minimum absolute atomic E-state index is 0.778. The Labute approximate surface area is 135 Å². The maximum atomic E-state index is 5.65. The van der Waals surface area contributed by atoms with Crippen molar-refractivity contribution < 1.29 is 4.74 Å². The van der Waals surface area contributed by atoms with Gasteiger partial charge in [0, 0.05) is 11.0 Å². The smallest absolute Gasteiger partial charge is 0.119 e.